The SMILES string of the molecule is CCN(C(=O)c1cc(F)ccc1Oc1nncnc1N1CC2(CCN(CC3CCC4(CC3)CC(F)(F)C(=O)N4)CC2)C1)C(C)C. The number of likely N-dealkylation sites (tertiary alicyclic amines) is 1. The van der Waals surface area contributed by atoms with Gasteiger partial charge >= 0.3 is 5.92 Å². The standard InChI is InChI=1S/C32H42F3N7O3/c1-4-42(21(2)3)28(43)24-15-23(33)5-6-25(24)45-27-26(36-20-37-39-27)41-18-30(19-41)11-13-40(14-12-30)16-22-7-9-31(10-8-22)17-32(34,35)29(44)38-31/h5-6,15,20-22H,4,7-14,16-19H2,1-3H3,(H,38,44). The molecule has 1 aromatic carbocycles. The van der Waals surface area contributed by atoms with Crippen molar-refractivity contribution in [2.45, 2.75) is 83.2 Å². The zero-order chi connectivity index (χ0) is 32.0. The first-order valence-corrected chi connectivity index (χ1v) is 16.1. The van der Waals surface area contributed by atoms with Crippen LogP contribution < -0.4 is 15.0 Å². The van der Waals surface area contributed by atoms with Gasteiger partial charge in [-0.1, -0.05) is 0 Å². The molecule has 4 heterocycles. The zero-order valence-corrected chi connectivity index (χ0v) is 26.2. The van der Waals surface area contributed by atoms with E-state index < -0.39 is 23.2 Å². The number of nitrogens with zero attached hydrogens (tertiary/aromatic N) is 6. The molecule has 10 nitrogen and oxygen atoms in total. The summed E-state index contributed by atoms with van der Waals surface area (Å²) in [5.41, 5.74) is -0.451. The molecule has 2 aromatic rings. The Morgan fingerprint density at radius 3 is 2.49 bits per heavy atom. The third-order valence-corrected chi connectivity index (χ3v) is 10.3. The van der Waals surface area contributed by atoms with E-state index >= 15 is 0 Å². The molecule has 1 aromatic heterocycles. The number of nitrogens with one attached hydrogen (secondary N) is 1. The van der Waals surface area contributed by atoms with Crippen LogP contribution in [0.25, 0.3) is 0 Å². The molecule has 6 rings (SSSR count). The van der Waals surface area contributed by atoms with Crippen LogP contribution in [0.15, 0.2) is 24.5 Å². The van der Waals surface area contributed by atoms with E-state index in [1.54, 1.807) is 4.90 Å². The monoisotopic (exact) mass is 629 g/mol. The van der Waals surface area contributed by atoms with E-state index in [4.69, 9.17) is 4.74 Å². The van der Waals surface area contributed by atoms with Gasteiger partial charge in [0.2, 0.25) is 0 Å². The highest BCUT2D eigenvalue weighted by Gasteiger charge is 2.56. The third kappa shape index (κ3) is 6.32. The lowest BCUT2D eigenvalue weighted by atomic mass is 9.71. The van der Waals surface area contributed by atoms with Crippen molar-refractivity contribution in [1.29, 1.82) is 0 Å². The molecule has 13 heteroatoms. The van der Waals surface area contributed by atoms with Crippen molar-refractivity contribution < 1.29 is 27.5 Å². The van der Waals surface area contributed by atoms with Crippen molar-refractivity contribution in [2.24, 2.45) is 11.3 Å². The molecular formula is C32H42F3N7O3. The highest BCUT2D eigenvalue weighted by Crippen LogP contribution is 2.46. The smallest absolute Gasteiger partial charge is 0.326 e. The summed E-state index contributed by atoms with van der Waals surface area (Å²) in [5, 5.41) is 10.7. The number of carbonyl (C=O) groups is 2. The van der Waals surface area contributed by atoms with Crippen LogP contribution >= 0.6 is 0 Å². The number of ether oxygens (including phenoxy) is 1. The molecule has 244 valence electrons. The Balaban J connectivity index is 1.04. The molecular weight excluding hydrogens is 587 g/mol. The van der Waals surface area contributed by atoms with Gasteiger partial charge < -0.3 is 24.8 Å². The maximum Gasteiger partial charge on any atom is 0.326 e. The number of rotatable bonds is 8. The van der Waals surface area contributed by atoms with Gasteiger partial charge in [0.1, 0.15) is 17.9 Å². The van der Waals surface area contributed by atoms with Gasteiger partial charge in [-0.15, -0.1) is 10.2 Å². The van der Waals surface area contributed by atoms with Gasteiger partial charge in [0, 0.05) is 49.6 Å². The maximum atomic E-state index is 14.2. The first kappa shape index (κ1) is 31.5. The molecule has 0 atom stereocenters. The van der Waals surface area contributed by atoms with E-state index in [1.165, 1.54) is 24.5 Å². The second-order valence-corrected chi connectivity index (χ2v) is 13.7. The summed E-state index contributed by atoms with van der Waals surface area (Å²) in [6, 6.07) is 3.81. The van der Waals surface area contributed by atoms with Gasteiger partial charge in [-0.3, -0.25) is 9.59 Å². The highest BCUT2D eigenvalue weighted by atomic mass is 19.3. The quantitative estimate of drug-likeness (QED) is 0.450. The molecule has 1 aliphatic carbocycles. The normalized spacial score (nSPS) is 25.8. The van der Waals surface area contributed by atoms with Gasteiger partial charge in [0.15, 0.2) is 5.82 Å². The molecule has 0 bridgehead atoms. The summed E-state index contributed by atoms with van der Waals surface area (Å²) in [5.74, 6) is -3.85. The Kier molecular flexibility index (Phi) is 8.42. The summed E-state index contributed by atoms with van der Waals surface area (Å²) in [4.78, 5) is 35.7. The van der Waals surface area contributed by atoms with Crippen LogP contribution in [0.3, 0.4) is 0 Å². The molecule has 3 aliphatic heterocycles. The number of piperidine rings is 1. The predicted octanol–water partition coefficient (Wildman–Crippen LogP) is 4.66. The molecule has 2 spiro atoms. The van der Waals surface area contributed by atoms with Crippen molar-refractivity contribution in [3.05, 3.63) is 35.9 Å². The average Bonchev–Trinajstić information content (AvgIpc) is 3.21. The van der Waals surface area contributed by atoms with Crippen LogP contribution in [-0.2, 0) is 4.79 Å². The van der Waals surface area contributed by atoms with E-state index in [-0.39, 0.29) is 41.0 Å². The molecule has 0 radical (unpaired) electrons. The number of hydrogen-bond acceptors (Lipinski definition) is 8. The summed E-state index contributed by atoms with van der Waals surface area (Å²) >= 11 is 0. The Morgan fingerprint density at radius 2 is 1.87 bits per heavy atom. The third-order valence-electron chi connectivity index (χ3n) is 10.3. The van der Waals surface area contributed by atoms with E-state index in [1.807, 2.05) is 20.8 Å². The predicted molar refractivity (Wildman–Crippen MR) is 161 cm³/mol. The number of benzene rings is 1. The van der Waals surface area contributed by atoms with Gasteiger partial charge in [0.25, 0.3) is 17.7 Å². The van der Waals surface area contributed by atoms with Gasteiger partial charge in [-0.25, -0.2) is 9.37 Å². The van der Waals surface area contributed by atoms with Crippen LogP contribution in [-0.4, -0.2) is 93.6 Å². The van der Waals surface area contributed by atoms with E-state index in [0.29, 0.717) is 31.1 Å². The summed E-state index contributed by atoms with van der Waals surface area (Å²) in [7, 11) is 0. The van der Waals surface area contributed by atoms with Crippen molar-refractivity contribution in [3.8, 4) is 11.6 Å². The van der Waals surface area contributed by atoms with Crippen molar-refractivity contribution in [2.75, 3.05) is 44.2 Å². The first-order valence-electron chi connectivity index (χ1n) is 16.1. The number of hydrogen-bond donors (Lipinski definition) is 1. The van der Waals surface area contributed by atoms with Crippen LogP contribution in [0.2, 0.25) is 0 Å². The lowest BCUT2D eigenvalue weighted by molar-refractivity contribution is -0.139. The Hall–Kier alpha value is -3.48. The highest BCUT2D eigenvalue weighted by molar-refractivity contribution is 5.97. The topological polar surface area (TPSA) is 104 Å². The summed E-state index contributed by atoms with van der Waals surface area (Å²) in [6.07, 6.45) is 6.01. The fourth-order valence-electron chi connectivity index (χ4n) is 7.70. The molecule has 1 saturated carbocycles. The fourth-order valence-corrected chi connectivity index (χ4v) is 7.70. The Morgan fingerprint density at radius 1 is 1.16 bits per heavy atom. The number of aromatic nitrogens is 3. The van der Waals surface area contributed by atoms with Gasteiger partial charge in [-0.2, -0.15) is 8.78 Å². The minimum atomic E-state index is -3.24. The number of amides is 2. The maximum absolute atomic E-state index is 14.2. The number of alkyl halides is 2. The number of carbonyl (C=O) groups excluding carboxylic acids is 2. The Bertz CT molecular complexity index is 1420. The van der Waals surface area contributed by atoms with Crippen LogP contribution in [0.1, 0.15) is 76.1 Å². The van der Waals surface area contributed by atoms with Crippen molar-refractivity contribution in [1.82, 2.24) is 30.3 Å². The lowest BCUT2D eigenvalue weighted by Crippen LogP contribution is -2.61. The molecule has 2 amide bonds. The molecule has 0 unspecified atom stereocenters. The van der Waals surface area contributed by atoms with Crippen molar-refractivity contribution >= 4 is 17.6 Å². The summed E-state index contributed by atoms with van der Waals surface area (Å²) in [6.45, 7) is 10.7. The largest absolute Gasteiger partial charge is 0.434 e. The lowest BCUT2D eigenvalue weighted by Gasteiger charge is -2.54. The van der Waals surface area contributed by atoms with Crippen LogP contribution in [0.5, 0.6) is 11.6 Å². The Labute approximate surface area is 261 Å². The molecule has 4 aliphatic rings. The van der Waals surface area contributed by atoms with Crippen LogP contribution in [0, 0.1) is 17.2 Å². The second kappa shape index (κ2) is 12.0. The molecule has 45 heavy (non-hydrogen) atoms. The van der Waals surface area contributed by atoms with Gasteiger partial charge in [0.05, 0.1) is 5.56 Å². The minimum Gasteiger partial charge on any atom is -0.434 e. The van der Waals surface area contributed by atoms with E-state index in [0.717, 1.165) is 58.4 Å². The van der Waals surface area contributed by atoms with E-state index in [9.17, 15) is 22.8 Å². The second-order valence-electron chi connectivity index (χ2n) is 13.7. The zero-order valence-electron chi connectivity index (χ0n) is 26.2. The molecule has 1 N–H and O–H groups in total. The number of anilines is 1. The fraction of sp³-hybridized carbons (Fsp3) is 0.656. The minimum absolute atomic E-state index is 0.0668. The van der Waals surface area contributed by atoms with Crippen LogP contribution in [0.4, 0.5) is 19.0 Å². The summed E-state index contributed by atoms with van der Waals surface area (Å²) < 4.78 is 48.1. The molecule has 3 saturated heterocycles. The molecule has 4 fully saturated rings. The average molecular weight is 630 g/mol. The van der Waals surface area contributed by atoms with Gasteiger partial charge in [-0.05, 0) is 96.5 Å². The number of halogens is 3. The first-order chi connectivity index (χ1) is 21.4. The van der Waals surface area contributed by atoms with Crippen molar-refractivity contribution in [3.63, 3.8) is 0 Å². The van der Waals surface area contributed by atoms with E-state index in [2.05, 4.69) is 30.3 Å².